The molecule has 1 aliphatic heterocycles. The predicted octanol–water partition coefficient (Wildman–Crippen LogP) is 4.21. The van der Waals surface area contributed by atoms with E-state index < -0.39 is 11.6 Å². The monoisotopic (exact) mass is 342 g/mol. The predicted molar refractivity (Wildman–Crippen MR) is 95.2 cm³/mol. The molecule has 0 saturated carbocycles. The average molecular weight is 342 g/mol. The minimum absolute atomic E-state index is 0.144. The zero-order chi connectivity index (χ0) is 17.8. The van der Waals surface area contributed by atoms with Gasteiger partial charge in [-0.25, -0.2) is 8.78 Å². The average Bonchev–Trinajstić information content (AvgIpc) is 2.62. The van der Waals surface area contributed by atoms with Crippen LogP contribution in [0.15, 0.2) is 42.5 Å². The molecule has 0 aliphatic carbocycles. The number of halogens is 2. The number of anilines is 1. The van der Waals surface area contributed by atoms with E-state index in [2.05, 4.69) is 16.7 Å². The van der Waals surface area contributed by atoms with E-state index in [1.807, 2.05) is 19.1 Å². The van der Waals surface area contributed by atoms with Crippen molar-refractivity contribution in [1.82, 2.24) is 5.32 Å². The Morgan fingerprint density at radius 3 is 2.84 bits per heavy atom. The Hall–Kier alpha value is -2.69. The van der Waals surface area contributed by atoms with Crippen molar-refractivity contribution in [2.45, 2.75) is 25.8 Å². The molecular weight excluding hydrogens is 322 g/mol. The molecule has 3 nitrogen and oxygen atoms in total. The minimum atomic E-state index is -0.932. The van der Waals surface area contributed by atoms with E-state index in [9.17, 15) is 13.6 Å². The van der Waals surface area contributed by atoms with Gasteiger partial charge in [0.15, 0.2) is 11.6 Å². The molecule has 0 saturated heterocycles. The number of hydrogen-bond donors (Lipinski definition) is 2. The Morgan fingerprint density at radius 2 is 2.04 bits per heavy atom. The maximum Gasteiger partial charge on any atom is 0.244 e. The number of fused-ring (bicyclic) bond motifs is 1. The van der Waals surface area contributed by atoms with Gasteiger partial charge in [0.1, 0.15) is 0 Å². The molecule has 1 atom stereocenters. The van der Waals surface area contributed by atoms with Gasteiger partial charge in [-0.2, -0.15) is 0 Å². The van der Waals surface area contributed by atoms with Gasteiger partial charge in [-0.15, -0.1) is 0 Å². The van der Waals surface area contributed by atoms with Crippen molar-refractivity contribution >= 4 is 17.7 Å². The second kappa shape index (κ2) is 7.47. The zero-order valence-corrected chi connectivity index (χ0v) is 14.0. The molecular formula is C20H20F2N2O. The first-order valence-electron chi connectivity index (χ1n) is 8.33. The molecule has 1 unspecified atom stereocenters. The van der Waals surface area contributed by atoms with Gasteiger partial charge in [0.2, 0.25) is 5.91 Å². The normalized spacial score (nSPS) is 14.7. The lowest BCUT2D eigenvalue weighted by Crippen LogP contribution is -2.25. The number of carbonyl (C=O) groups is 1. The van der Waals surface area contributed by atoms with Crippen LogP contribution in [0.4, 0.5) is 14.5 Å². The van der Waals surface area contributed by atoms with E-state index in [1.165, 1.54) is 23.8 Å². The van der Waals surface area contributed by atoms with E-state index in [0.717, 1.165) is 42.8 Å². The summed E-state index contributed by atoms with van der Waals surface area (Å²) in [7, 11) is 0. The molecule has 1 aliphatic rings. The molecule has 0 bridgehead atoms. The molecule has 5 heteroatoms. The molecule has 0 radical (unpaired) electrons. The topological polar surface area (TPSA) is 41.1 Å². The van der Waals surface area contributed by atoms with Gasteiger partial charge in [-0.05, 0) is 60.7 Å². The van der Waals surface area contributed by atoms with Crippen LogP contribution in [0.25, 0.3) is 6.08 Å². The molecule has 1 heterocycles. The maximum atomic E-state index is 13.2. The number of hydrogen-bond acceptors (Lipinski definition) is 2. The molecule has 130 valence electrons. The van der Waals surface area contributed by atoms with Gasteiger partial charge < -0.3 is 10.6 Å². The molecule has 1 amide bonds. The Bertz CT molecular complexity index is 817. The lowest BCUT2D eigenvalue weighted by molar-refractivity contribution is -0.117. The Morgan fingerprint density at radius 1 is 1.20 bits per heavy atom. The molecule has 0 spiro atoms. The van der Waals surface area contributed by atoms with Crippen LogP contribution in [-0.2, 0) is 11.2 Å². The summed E-state index contributed by atoms with van der Waals surface area (Å²) in [5.41, 5.74) is 3.90. The summed E-state index contributed by atoms with van der Waals surface area (Å²) in [6.45, 7) is 2.91. The molecule has 25 heavy (non-hydrogen) atoms. The van der Waals surface area contributed by atoms with Crippen molar-refractivity contribution in [1.29, 1.82) is 0 Å². The molecule has 2 aromatic rings. The lowest BCUT2D eigenvalue weighted by Gasteiger charge is -2.21. The second-order valence-electron chi connectivity index (χ2n) is 6.18. The second-order valence-corrected chi connectivity index (χ2v) is 6.18. The third-order valence-electron chi connectivity index (χ3n) is 4.30. The fourth-order valence-corrected chi connectivity index (χ4v) is 2.90. The molecule has 0 fully saturated rings. The first-order valence-corrected chi connectivity index (χ1v) is 8.33. The SMILES string of the molecule is CC(NC(=O)/C=C/c1ccc(F)c(F)c1)c1ccc2c(c1)CCCN2. The van der Waals surface area contributed by atoms with Crippen molar-refractivity contribution in [2.24, 2.45) is 0 Å². The first-order chi connectivity index (χ1) is 12.0. The summed E-state index contributed by atoms with van der Waals surface area (Å²) in [6, 6.07) is 9.53. The Kier molecular flexibility index (Phi) is 5.12. The third kappa shape index (κ3) is 4.24. The van der Waals surface area contributed by atoms with E-state index in [0.29, 0.717) is 5.56 Å². The highest BCUT2D eigenvalue weighted by Gasteiger charge is 2.13. The molecule has 2 aromatic carbocycles. The van der Waals surface area contributed by atoms with Crippen LogP contribution in [0.3, 0.4) is 0 Å². The number of nitrogens with one attached hydrogen (secondary N) is 2. The summed E-state index contributed by atoms with van der Waals surface area (Å²) in [6.07, 6.45) is 4.92. The van der Waals surface area contributed by atoms with Crippen molar-refractivity contribution in [3.63, 3.8) is 0 Å². The van der Waals surface area contributed by atoms with Crippen LogP contribution < -0.4 is 10.6 Å². The van der Waals surface area contributed by atoms with Gasteiger partial charge in [0.05, 0.1) is 6.04 Å². The number of aryl methyl sites for hydroxylation is 1. The highest BCUT2D eigenvalue weighted by Crippen LogP contribution is 2.25. The number of carbonyl (C=O) groups excluding carboxylic acids is 1. The summed E-state index contributed by atoms with van der Waals surface area (Å²) < 4.78 is 26.1. The van der Waals surface area contributed by atoms with Crippen LogP contribution in [0.5, 0.6) is 0 Å². The van der Waals surface area contributed by atoms with Crippen LogP contribution in [0.2, 0.25) is 0 Å². The molecule has 0 aromatic heterocycles. The quantitative estimate of drug-likeness (QED) is 0.817. The van der Waals surface area contributed by atoms with Crippen LogP contribution in [0.1, 0.15) is 36.1 Å². The van der Waals surface area contributed by atoms with Crippen LogP contribution in [0, 0.1) is 11.6 Å². The summed E-state index contributed by atoms with van der Waals surface area (Å²) >= 11 is 0. The van der Waals surface area contributed by atoms with Crippen LogP contribution in [-0.4, -0.2) is 12.5 Å². The Labute approximate surface area is 145 Å². The van der Waals surface area contributed by atoms with Crippen molar-refractivity contribution in [3.8, 4) is 0 Å². The molecule has 2 N–H and O–H groups in total. The first kappa shape index (κ1) is 17.1. The highest BCUT2D eigenvalue weighted by molar-refractivity contribution is 5.92. The van der Waals surface area contributed by atoms with Crippen molar-refractivity contribution < 1.29 is 13.6 Å². The largest absolute Gasteiger partial charge is 0.385 e. The van der Waals surface area contributed by atoms with E-state index in [4.69, 9.17) is 0 Å². The summed E-state index contributed by atoms with van der Waals surface area (Å²) in [5.74, 6) is -2.12. The lowest BCUT2D eigenvalue weighted by atomic mass is 9.98. The van der Waals surface area contributed by atoms with Crippen LogP contribution >= 0.6 is 0 Å². The summed E-state index contributed by atoms with van der Waals surface area (Å²) in [5, 5.41) is 6.25. The van der Waals surface area contributed by atoms with Crippen molar-refractivity contribution in [2.75, 3.05) is 11.9 Å². The fourth-order valence-electron chi connectivity index (χ4n) is 2.90. The standard InChI is InChI=1S/C20H20F2N2O/c1-13(15-6-8-19-16(12-15)3-2-10-23-19)24-20(25)9-5-14-4-7-17(21)18(22)11-14/h4-9,11-13,23H,2-3,10H2,1H3,(H,24,25)/b9-5+. The van der Waals surface area contributed by atoms with Crippen molar-refractivity contribution in [3.05, 3.63) is 70.8 Å². The summed E-state index contributed by atoms with van der Waals surface area (Å²) in [4.78, 5) is 12.1. The minimum Gasteiger partial charge on any atom is -0.385 e. The van der Waals surface area contributed by atoms with E-state index in [1.54, 1.807) is 0 Å². The van der Waals surface area contributed by atoms with E-state index in [-0.39, 0.29) is 11.9 Å². The smallest absolute Gasteiger partial charge is 0.244 e. The van der Waals surface area contributed by atoms with Gasteiger partial charge in [0.25, 0.3) is 0 Å². The highest BCUT2D eigenvalue weighted by atomic mass is 19.2. The van der Waals surface area contributed by atoms with E-state index >= 15 is 0 Å². The number of rotatable bonds is 4. The third-order valence-corrected chi connectivity index (χ3v) is 4.30. The maximum absolute atomic E-state index is 13.2. The molecule has 3 rings (SSSR count). The number of amides is 1. The number of benzene rings is 2. The zero-order valence-electron chi connectivity index (χ0n) is 14.0. The van der Waals surface area contributed by atoms with Gasteiger partial charge >= 0.3 is 0 Å². The Balaban J connectivity index is 1.64. The van der Waals surface area contributed by atoms with Gasteiger partial charge in [0, 0.05) is 18.3 Å². The fraction of sp³-hybridized carbons (Fsp3) is 0.250. The van der Waals surface area contributed by atoms with Gasteiger partial charge in [-0.1, -0.05) is 18.2 Å². The van der Waals surface area contributed by atoms with Gasteiger partial charge in [-0.3, -0.25) is 4.79 Å².